The number of alkyl halides is 3. The van der Waals surface area contributed by atoms with E-state index in [0.717, 1.165) is 0 Å². The van der Waals surface area contributed by atoms with Crippen molar-refractivity contribution in [3.05, 3.63) is 0 Å². The number of hydrogen-bond acceptors (Lipinski definition) is 2. The molecule has 0 bridgehead atoms. The molecule has 0 amide bonds. The first-order chi connectivity index (χ1) is 6.93. The molecule has 1 saturated carbocycles. The van der Waals surface area contributed by atoms with Crippen LogP contribution < -0.4 is 0 Å². The molecule has 1 rings (SSSR count). The Morgan fingerprint density at radius 3 is 2.60 bits per heavy atom. The van der Waals surface area contributed by atoms with Crippen LogP contribution in [0.1, 0.15) is 32.1 Å². The molecule has 0 saturated heterocycles. The van der Waals surface area contributed by atoms with E-state index in [1.807, 2.05) is 0 Å². The van der Waals surface area contributed by atoms with Gasteiger partial charge in [-0.3, -0.25) is 4.79 Å². The molecule has 0 N–H and O–H groups in total. The standard InChI is InChI=1S/C10H15F3O2/c1-15-9(14)6-7-3-2-4-8(5-7)10(11,12)13/h7-8H,2-6H2,1H3. The maximum Gasteiger partial charge on any atom is 0.391 e. The minimum atomic E-state index is -4.12. The zero-order chi connectivity index (χ0) is 11.5. The van der Waals surface area contributed by atoms with E-state index in [-0.39, 0.29) is 25.2 Å². The fourth-order valence-electron chi connectivity index (χ4n) is 2.09. The number of rotatable bonds is 2. The van der Waals surface area contributed by atoms with Gasteiger partial charge in [0.1, 0.15) is 0 Å². The molecule has 0 aromatic carbocycles. The highest BCUT2D eigenvalue weighted by Crippen LogP contribution is 2.40. The van der Waals surface area contributed by atoms with Gasteiger partial charge in [-0.15, -0.1) is 0 Å². The highest BCUT2D eigenvalue weighted by atomic mass is 19.4. The zero-order valence-corrected chi connectivity index (χ0v) is 8.64. The molecular weight excluding hydrogens is 209 g/mol. The number of carbonyl (C=O) groups is 1. The van der Waals surface area contributed by atoms with Crippen LogP contribution >= 0.6 is 0 Å². The van der Waals surface area contributed by atoms with Gasteiger partial charge in [-0.25, -0.2) is 0 Å². The average molecular weight is 224 g/mol. The third-order valence-electron chi connectivity index (χ3n) is 2.93. The van der Waals surface area contributed by atoms with Gasteiger partial charge in [0.25, 0.3) is 0 Å². The second-order valence-corrected chi connectivity index (χ2v) is 4.05. The molecule has 0 aliphatic heterocycles. The topological polar surface area (TPSA) is 26.3 Å². The first-order valence-electron chi connectivity index (χ1n) is 5.07. The Bertz CT molecular complexity index is 225. The van der Waals surface area contributed by atoms with E-state index < -0.39 is 18.1 Å². The quantitative estimate of drug-likeness (QED) is 0.674. The molecule has 0 aromatic heterocycles. The monoisotopic (exact) mass is 224 g/mol. The van der Waals surface area contributed by atoms with Crippen molar-refractivity contribution in [1.82, 2.24) is 0 Å². The third-order valence-corrected chi connectivity index (χ3v) is 2.93. The SMILES string of the molecule is COC(=O)CC1CCCC(C(F)(F)F)C1. The van der Waals surface area contributed by atoms with Gasteiger partial charge < -0.3 is 4.74 Å². The Hall–Kier alpha value is -0.740. The summed E-state index contributed by atoms with van der Waals surface area (Å²) in [5, 5.41) is 0. The molecule has 0 spiro atoms. The summed E-state index contributed by atoms with van der Waals surface area (Å²) in [6, 6.07) is 0. The number of halogens is 3. The van der Waals surface area contributed by atoms with E-state index in [2.05, 4.69) is 4.74 Å². The molecular formula is C10H15F3O2. The number of carbonyl (C=O) groups excluding carboxylic acids is 1. The van der Waals surface area contributed by atoms with Crippen molar-refractivity contribution in [2.24, 2.45) is 11.8 Å². The Labute approximate surface area is 86.8 Å². The molecule has 15 heavy (non-hydrogen) atoms. The van der Waals surface area contributed by atoms with Crippen LogP contribution in [-0.4, -0.2) is 19.3 Å². The maximum absolute atomic E-state index is 12.4. The fourth-order valence-corrected chi connectivity index (χ4v) is 2.09. The Morgan fingerprint density at radius 2 is 2.07 bits per heavy atom. The zero-order valence-electron chi connectivity index (χ0n) is 8.64. The van der Waals surface area contributed by atoms with Crippen LogP contribution in [0.4, 0.5) is 13.2 Å². The van der Waals surface area contributed by atoms with Crippen LogP contribution in [0.15, 0.2) is 0 Å². The molecule has 2 atom stereocenters. The highest BCUT2D eigenvalue weighted by molar-refractivity contribution is 5.69. The van der Waals surface area contributed by atoms with Gasteiger partial charge in [0, 0.05) is 6.42 Å². The van der Waals surface area contributed by atoms with Crippen molar-refractivity contribution in [1.29, 1.82) is 0 Å². The largest absolute Gasteiger partial charge is 0.469 e. The van der Waals surface area contributed by atoms with Crippen molar-refractivity contribution >= 4 is 5.97 Å². The normalized spacial score (nSPS) is 27.5. The van der Waals surface area contributed by atoms with Crippen molar-refractivity contribution < 1.29 is 22.7 Å². The van der Waals surface area contributed by atoms with E-state index >= 15 is 0 Å². The molecule has 5 heteroatoms. The van der Waals surface area contributed by atoms with Crippen molar-refractivity contribution in [2.45, 2.75) is 38.3 Å². The highest BCUT2D eigenvalue weighted by Gasteiger charge is 2.42. The summed E-state index contributed by atoms with van der Waals surface area (Å²) in [4.78, 5) is 10.9. The van der Waals surface area contributed by atoms with Crippen molar-refractivity contribution in [2.75, 3.05) is 7.11 Å². The first-order valence-corrected chi connectivity index (χ1v) is 5.07. The summed E-state index contributed by atoms with van der Waals surface area (Å²) >= 11 is 0. The smallest absolute Gasteiger partial charge is 0.391 e. The number of methoxy groups -OCH3 is 1. The van der Waals surface area contributed by atoms with Crippen LogP contribution in [0.5, 0.6) is 0 Å². The van der Waals surface area contributed by atoms with Gasteiger partial charge in [0.2, 0.25) is 0 Å². The van der Waals surface area contributed by atoms with Gasteiger partial charge in [0.05, 0.1) is 13.0 Å². The Kier molecular flexibility index (Phi) is 3.99. The van der Waals surface area contributed by atoms with Gasteiger partial charge in [-0.05, 0) is 25.2 Å². The second kappa shape index (κ2) is 4.86. The summed E-state index contributed by atoms with van der Waals surface area (Å²) in [7, 11) is 1.26. The molecule has 0 radical (unpaired) electrons. The van der Waals surface area contributed by atoms with Crippen LogP contribution in [0, 0.1) is 11.8 Å². The van der Waals surface area contributed by atoms with E-state index in [9.17, 15) is 18.0 Å². The van der Waals surface area contributed by atoms with Crippen molar-refractivity contribution in [3.8, 4) is 0 Å². The minimum absolute atomic E-state index is 0.0681. The van der Waals surface area contributed by atoms with Gasteiger partial charge in [-0.2, -0.15) is 13.2 Å². The molecule has 0 aromatic rings. The lowest BCUT2D eigenvalue weighted by molar-refractivity contribution is -0.186. The molecule has 1 aliphatic rings. The third kappa shape index (κ3) is 3.72. The van der Waals surface area contributed by atoms with E-state index in [1.54, 1.807) is 0 Å². The number of hydrogen-bond donors (Lipinski definition) is 0. The van der Waals surface area contributed by atoms with Crippen LogP contribution in [0.3, 0.4) is 0 Å². The van der Waals surface area contributed by atoms with Gasteiger partial charge in [-0.1, -0.05) is 6.42 Å². The second-order valence-electron chi connectivity index (χ2n) is 4.05. The molecule has 1 fully saturated rings. The lowest BCUT2D eigenvalue weighted by Crippen LogP contribution is -2.29. The summed E-state index contributed by atoms with van der Waals surface area (Å²) in [6.07, 6.45) is -2.49. The number of esters is 1. The van der Waals surface area contributed by atoms with E-state index in [0.29, 0.717) is 12.8 Å². The summed E-state index contributed by atoms with van der Waals surface area (Å²) < 4.78 is 41.7. The minimum Gasteiger partial charge on any atom is -0.469 e. The molecule has 2 nitrogen and oxygen atoms in total. The first kappa shape index (κ1) is 12.3. The Balaban J connectivity index is 2.46. The summed E-state index contributed by atoms with van der Waals surface area (Å²) in [5.74, 6) is -1.82. The van der Waals surface area contributed by atoms with Crippen LogP contribution in [-0.2, 0) is 9.53 Å². The molecule has 1 aliphatic carbocycles. The predicted molar refractivity (Wildman–Crippen MR) is 48.1 cm³/mol. The summed E-state index contributed by atoms with van der Waals surface area (Å²) in [6.45, 7) is 0. The van der Waals surface area contributed by atoms with E-state index in [4.69, 9.17) is 0 Å². The van der Waals surface area contributed by atoms with Crippen LogP contribution in [0.2, 0.25) is 0 Å². The van der Waals surface area contributed by atoms with Crippen molar-refractivity contribution in [3.63, 3.8) is 0 Å². The molecule has 2 unspecified atom stereocenters. The van der Waals surface area contributed by atoms with Crippen LogP contribution in [0.25, 0.3) is 0 Å². The maximum atomic E-state index is 12.4. The molecule has 0 heterocycles. The van der Waals surface area contributed by atoms with Gasteiger partial charge >= 0.3 is 12.1 Å². The lowest BCUT2D eigenvalue weighted by Gasteiger charge is -2.29. The predicted octanol–water partition coefficient (Wildman–Crippen LogP) is 2.92. The van der Waals surface area contributed by atoms with Gasteiger partial charge in [0.15, 0.2) is 0 Å². The fraction of sp³-hybridized carbons (Fsp3) is 0.900. The Morgan fingerprint density at radius 1 is 1.40 bits per heavy atom. The summed E-state index contributed by atoms with van der Waals surface area (Å²) in [5.41, 5.74) is 0. The number of ether oxygens (including phenoxy) is 1. The molecule has 88 valence electrons. The average Bonchev–Trinajstić information content (AvgIpc) is 2.17. The van der Waals surface area contributed by atoms with E-state index in [1.165, 1.54) is 7.11 Å². The lowest BCUT2D eigenvalue weighted by atomic mass is 9.79.